The lowest BCUT2D eigenvalue weighted by Crippen LogP contribution is -2.48. The van der Waals surface area contributed by atoms with Gasteiger partial charge in [0.15, 0.2) is 0 Å². The highest BCUT2D eigenvalue weighted by Gasteiger charge is 2.30. The lowest BCUT2D eigenvalue weighted by Gasteiger charge is -2.34. The molecule has 1 saturated heterocycles. The molecular weight excluding hydrogens is 659 g/mol. The number of amides is 2. The molecule has 0 aliphatic carbocycles. The fourth-order valence-electron chi connectivity index (χ4n) is 6.14. The SMILES string of the molecule is CCCOc1ccc(CN2CCN(C(=O)c3cc4c(C)c(Oc5ccc(N(C)C(=O)c6ccc(C(F)(F)F)cc6)cn5)ccc4n3C)CC2)cc1. The Morgan fingerprint density at radius 3 is 2.25 bits per heavy atom. The van der Waals surface area contributed by atoms with E-state index in [-0.39, 0.29) is 11.5 Å². The summed E-state index contributed by atoms with van der Waals surface area (Å²) in [7, 11) is 3.41. The number of rotatable bonds is 10. The van der Waals surface area contributed by atoms with E-state index in [1.54, 1.807) is 12.1 Å². The zero-order chi connectivity index (χ0) is 36.3. The number of carbonyl (C=O) groups excluding carboxylic acids is 2. The van der Waals surface area contributed by atoms with Crippen LogP contribution in [0, 0.1) is 6.92 Å². The maximum absolute atomic E-state index is 13.7. The first-order valence-corrected chi connectivity index (χ1v) is 16.8. The number of benzene rings is 3. The van der Waals surface area contributed by atoms with Crippen LogP contribution in [-0.4, -0.2) is 71.0 Å². The van der Waals surface area contributed by atoms with Gasteiger partial charge >= 0.3 is 6.18 Å². The molecule has 266 valence electrons. The maximum Gasteiger partial charge on any atom is 0.416 e. The maximum atomic E-state index is 13.7. The van der Waals surface area contributed by atoms with Crippen LogP contribution in [0.5, 0.6) is 17.4 Å². The third-order valence-corrected chi connectivity index (χ3v) is 9.21. The second-order valence-corrected chi connectivity index (χ2v) is 12.7. The first-order valence-electron chi connectivity index (χ1n) is 16.8. The van der Waals surface area contributed by atoms with E-state index in [9.17, 15) is 22.8 Å². The topological polar surface area (TPSA) is 80.1 Å². The van der Waals surface area contributed by atoms with Crippen LogP contribution in [0.3, 0.4) is 0 Å². The van der Waals surface area contributed by atoms with Crippen LogP contribution >= 0.6 is 0 Å². The van der Waals surface area contributed by atoms with Gasteiger partial charge in [-0.3, -0.25) is 14.5 Å². The molecule has 12 heteroatoms. The van der Waals surface area contributed by atoms with Crippen molar-refractivity contribution >= 4 is 28.4 Å². The fourth-order valence-corrected chi connectivity index (χ4v) is 6.14. The van der Waals surface area contributed by atoms with Crippen molar-refractivity contribution in [3.05, 3.63) is 113 Å². The smallest absolute Gasteiger partial charge is 0.416 e. The van der Waals surface area contributed by atoms with Crippen molar-refractivity contribution in [1.82, 2.24) is 19.4 Å². The summed E-state index contributed by atoms with van der Waals surface area (Å²) in [6.45, 7) is 8.38. The van der Waals surface area contributed by atoms with E-state index in [0.29, 0.717) is 42.7 Å². The Hall–Kier alpha value is -5.36. The van der Waals surface area contributed by atoms with Gasteiger partial charge in [0.25, 0.3) is 11.8 Å². The zero-order valence-corrected chi connectivity index (χ0v) is 29.0. The van der Waals surface area contributed by atoms with Gasteiger partial charge in [0.2, 0.25) is 5.88 Å². The summed E-state index contributed by atoms with van der Waals surface area (Å²) >= 11 is 0. The van der Waals surface area contributed by atoms with E-state index < -0.39 is 17.6 Å². The summed E-state index contributed by atoms with van der Waals surface area (Å²) in [6.07, 6.45) is -2.05. The van der Waals surface area contributed by atoms with Crippen molar-refractivity contribution in [2.45, 2.75) is 33.0 Å². The highest BCUT2D eigenvalue weighted by Crippen LogP contribution is 2.33. The Bertz CT molecular complexity index is 2000. The molecular formula is C39H40F3N5O4. The molecule has 9 nitrogen and oxygen atoms in total. The molecule has 0 saturated carbocycles. The monoisotopic (exact) mass is 699 g/mol. The van der Waals surface area contributed by atoms with Gasteiger partial charge in [0.05, 0.1) is 24.1 Å². The van der Waals surface area contributed by atoms with Crippen LogP contribution in [0.1, 0.15) is 50.9 Å². The Morgan fingerprint density at radius 2 is 1.63 bits per heavy atom. The molecule has 6 rings (SSSR count). The van der Waals surface area contributed by atoms with E-state index in [4.69, 9.17) is 9.47 Å². The van der Waals surface area contributed by atoms with E-state index >= 15 is 0 Å². The molecule has 1 aliphatic rings. The number of carbonyl (C=O) groups is 2. The summed E-state index contributed by atoms with van der Waals surface area (Å²) in [6, 6.07) is 21.2. The fraction of sp³-hybridized carbons (Fsp3) is 0.308. The van der Waals surface area contributed by atoms with Crippen LogP contribution < -0.4 is 14.4 Å². The first-order chi connectivity index (χ1) is 24.4. The Morgan fingerprint density at radius 1 is 0.922 bits per heavy atom. The van der Waals surface area contributed by atoms with Crippen LogP contribution in [-0.2, 0) is 19.8 Å². The normalized spacial score (nSPS) is 13.7. The Balaban J connectivity index is 1.08. The Labute approximate surface area is 294 Å². The predicted octanol–water partition coefficient (Wildman–Crippen LogP) is 7.72. The number of pyridine rings is 1. The van der Waals surface area contributed by atoms with Gasteiger partial charge in [-0.05, 0) is 79.6 Å². The molecule has 5 aromatic rings. The molecule has 3 heterocycles. The molecule has 0 N–H and O–H groups in total. The van der Waals surface area contributed by atoms with Gasteiger partial charge in [-0.2, -0.15) is 13.2 Å². The molecule has 1 aliphatic heterocycles. The third-order valence-electron chi connectivity index (χ3n) is 9.21. The van der Waals surface area contributed by atoms with Crippen LogP contribution in [0.2, 0.25) is 0 Å². The van der Waals surface area contributed by atoms with Gasteiger partial charge in [0, 0.05) is 74.9 Å². The summed E-state index contributed by atoms with van der Waals surface area (Å²) in [5, 5.41) is 0.891. The second kappa shape index (κ2) is 14.9. The molecule has 0 radical (unpaired) electrons. The summed E-state index contributed by atoms with van der Waals surface area (Å²) in [5.74, 6) is 1.26. The van der Waals surface area contributed by atoms with Crippen molar-refractivity contribution in [2.24, 2.45) is 7.05 Å². The molecule has 3 aromatic carbocycles. The highest BCUT2D eigenvalue weighted by molar-refractivity contribution is 6.05. The number of hydrogen-bond acceptors (Lipinski definition) is 6. The number of fused-ring (bicyclic) bond motifs is 1. The Kier molecular flexibility index (Phi) is 10.3. The minimum Gasteiger partial charge on any atom is -0.494 e. The van der Waals surface area contributed by atoms with Crippen molar-refractivity contribution in [2.75, 3.05) is 44.7 Å². The van der Waals surface area contributed by atoms with Gasteiger partial charge < -0.3 is 23.8 Å². The van der Waals surface area contributed by atoms with E-state index in [1.807, 2.05) is 53.8 Å². The van der Waals surface area contributed by atoms with Crippen molar-refractivity contribution in [3.8, 4) is 17.4 Å². The zero-order valence-electron chi connectivity index (χ0n) is 29.0. The number of nitrogens with zero attached hydrogens (tertiary/aromatic N) is 5. The number of piperazine rings is 1. The standard InChI is InChI=1S/C39H40F3N5O4/c1-5-22-50-31-13-6-27(7-14-31)25-46-18-20-47(21-19-46)38(49)34-23-32-26(2)35(16-15-33(32)45(34)4)51-36-17-12-30(24-43-36)44(3)37(48)28-8-10-29(11-9-28)39(40,41)42/h6-17,23-24H,5,18-22,25H2,1-4H3. The average Bonchev–Trinajstić information content (AvgIpc) is 3.48. The number of ether oxygens (including phenoxy) is 2. The van der Waals surface area contributed by atoms with E-state index in [0.717, 1.165) is 72.5 Å². The van der Waals surface area contributed by atoms with Crippen LogP contribution in [0.4, 0.5) is 18.9 Å². The van der Waals surface area contributed by atoms with Gasteiger partial charge in [-0.15, -0.1) is 0 Å². The van der Waals surface area contributed by atoms with Crippen LogP contribution in [0.15, 0.2) is 85.1 Å². The molecule has 0 unspecified atom stereocenters. The van der Waals surface area contributed by atoms with E-state index in [1.165, 1.54) is 23.7 Å². The molecule has 0 spiro atoms. The molecule has 2 amide bonds. The highest BCUT2D eigenvalue weighted by atomic mass is 19.4. The van der Waals surface area contributed by atoms with Gasteiger partial charge in [0.1, 0.15) is 17.2 Å². The lowest BCUT2D eigenvalue weighted by molar-refractivity contribution is -0.137. The number of anilines is 1. The first kappa shape index (κ1) is 35.5. The lowest BCUT2D eigenvalue weighted by atomic mass is 10.1. The number of aryl methyl sites for hydroxylation is 2. The number of hydrogen-bond donors (Lipinski definition) is 0. The summed E-state index contributed by atoms with van der Waals surface area (Å²) < 4.78 is 52.5. The quantitative estimate of drug-likeness (QED) is 0.149. The minimum absolute atomic E-state index is 0.0140. The van der Waals surface area contributed by atoms with Gasteiger partial charge in [-0.1, -0.05) is 19.1 Å². The number of halogens is 3. The van der Waals surface area contributed by atoms with Crippen molar-refractivity contribution in [1.29, 1.82) is 0 Å². The summed E-state index contributed by atoms with van der Waals surface area (Å²) in [5.41, 5.74) is 3.30. The van der Waals surface area contributed by atoms with Crippen molar-refractivity contribution < 1.29 is 32.2 Å². The molecule has 2 aromatic heterocycles. The molecule has 0 bridgehead atoms. The molecule has 51 heavy (non-hydrogen) atoms. The molecule has 1 fully saturated rings. The van der Waals surface area contributed by atoms with Crippen molar-refractivity contribution in [3.63, 3.8) is 0 Å². The molecule has 0 atom stereocenters. The number of alkyl halides is 3. The summed E-state index contributed by atoms with van der Waals surface area (Å²) in [4.78, 5) is 36.5. The second-order valence-electron chi connectivity index (χ2n) is 12.7. The van der Waals surface area contributed by atoms with E-state index in [2.05, 4.69) is 28.9 Å². The average molecular weight is 700 g/mol. The predicted molar refractivity (Wildman–Crippen MR) is 190 cm³/mol. The van der Waals surface area contributed by atoms with Gasteiger partial charge in [-0.25, -0.2) is 4.98 Å². The largest absolute Gasteiger partial charge is 0.494 e. The third kappa shape index (κ3) is 7.86. The van der Waals surface area contributed by atoms with Crippen LogP contribution in [0.25, 0.3) is 10.9 Å². The minimum atomic E-state index is -4.48. The number of aromatic nitrogens is 2.